The highest BCUT2D eigenvalue weighted by Gasteiger charge is 2.31. The quantitative estimate of drug-likeness (QED) is 0.788. The number of aliphatic hydroxyl groups is 1. The SMILES string of the molecule is COC(=O)[C@H]1CC[C@@H](Nc2cc(N3CCCC3CO)ncn2)C1. The van der Waals surface area contributed by atoms with E-state index < -0.39 is 0 Å². The van der Waals surface area contributed by atoms with Gasteiger partial charge in [-0.2, -0.15) is 0 Å². The van der Waals surface area contributed by atoms with Gasteiger partial charge in [-0.1, -0.05) is 0 Å². The zero-order chi connectivity index (χ0) is 16.2. The Kier molecular flexibility index (Phi) is 4.95. The van der Waals surface area contributed by atoms with Gasteiger partial charge < -0.3 is 20.1 Å². The molecule has 0 aromatic carbocycles. The summed E-state index contributed by atoms with van der Waals surface area (Å²) in [6.45, 7) is 1.06. The molecule has 0 bridgehead atoms. The van der Waals surface area contributed by atoms with Crippen molar-refractivity contribution in [2.45, 2.75) is 44.2 Å². The summed E-state index contributed by atoms with van der Waals surface area (Å²) < 4.78 is 4.82. The van der Waals surface area contributed by atoms with E-state index in [-0.39, 0.29) is 30.6 Å². The summed E-state index contributed by atoms with van der Waals surface area (Å²) in [6.07, 6.45) is 6.17. The highest BCUT2D eigenvalue weighted by Crippen LogP contribution is 2.30. The van der Waals surface area contributed by atoms with Gasteiger partial charge in [-0.3, -0.25) is 4.79 Å². The largest absolute Gasteiger partial charge is 0.469 e. The number of carbonyl (C=O) groups is 1. The lowest BCUT2D eigenvalue weighted by atomic mass is 10.1. The summed E-state index contributed by atoms with van der Waals surface area (Å²) in [5, 5.41) is 12.9. The number of ether oxygens (including phenoxy) is 1. The van der Waals surface area contributed by atoms with Crippen LogP contribution in [0.3, 0.4) is 0 Å². The Balaban J connectivity index is 1.63. The van der Waals surface area contributed by atoms with Crippen molar-refractivity contribution >= 4 is 17.6 Å². The fraction of sp³-hybridized carbons (Fsp3) is 0.688. The van der Waals surface area contributed by atoms with Gasteiger partial charge in [0.05, 0.1) is 25.7 Å². The molecule has 1 aromatic heterocycles. The monoisotopic (exact) mass is 320 g/mol. The lowest BCUT2D eigenvalue weighted by Crippen LogP contribution is -2.32. The zero-order valence-electron chi connectivity index (χ0n) is 13.4. The number of anilines is 2. The minimum absolute atomic E-state index is 0.0174. The summed E-state index contributed by atoms with van der Waals surface area (Å²) >= 11 is 0. The Morgan fingerprint density at radius 2 is 2.30 bits per heavy atom. The van der Waals surface area contributed by atoms with Crippen LogP contribution in [-0.2, 0) is 9.53 Å². The first-order chi connectivity index (χ1) is 11.2. The van der Waals surface area contributed by atoms with E-state index in [1.807, 2.05) is 6.07 Å². The van der Waals surface area contributed by atoms with Crippen LogP contribution in [0.2, 0.25) is 0 Å². The van der Waals surface area contributed by atoms with Crippen molar-refractivity contribution in [3.63, 3.8) is 0 Å². The lowest BCUT2D eigenvalue weighted by molar-refractivity contribution is -0.145. The molecule has 126 valence electrons. The van der Waals surface area contributed by atoms with Crippen molar-refractivity contribution in [3.05, 3.63) is 12.4 Å². The van der Waals surface area contributed by atoms with Crippen molar-refractivity contribution in [2.24, 2.45) is 5.92 Å². The van der Waals surface area contributed by atoms with Gasteiger partial charge >= 0.3 is 5.97 Å². The highest BCUT2D eigenvalue weighted by atomic mass is 16.5. The summed E-state index contributed by atoms with van der Waals surface area (Å²) in [4.78, 5) is 22.4. The number of hydrogen-bond acceptors (Lipinski definition) is 7. The van der Waals surface area contributed by atoms with Crippen LogP contribution in [0.1, 0.15) is 32.1 Å². The normalized spacial score (nSPS) is 27.2. The number of nitrogens with zero attached hydrogens (tertiary/aromatic N) is 3. The number of carbonyl (C=O) groups excluding carboxylic acids is 1. The van der Waals surface area contributed by atoms with Gasteiger partial charge in [-0.05, 0) is 32.1 Å². The molecular formula is C16H24N4O3. The Bertz CT molecular complexity index is 554. The molecule has 1 aliphatic heterocycles. The van der Waals surface area contributed by atoms with Gasteiger partial charge in [0.25, 0.3) is 0 Å². The van der Waals surface area contributed by atoms with E-state index in [9.17, 15) is 9.90 Å². The molecule has 7 heteroatoms. The summed E-state index contributed by atoms with van der Waals surface area (Å²) in [7, 11) is 1.44. The molecule has 0 spiro atoms. The topological polar surface area (TPSA) is 87.6 Å². The van der Waals surface area contributed by atoms with Gasteiger partial charge in [-0.15, -0.1) is 0 Å². The average Bonchev–Trinajstić information content (AvgIpc) is 3.23. The maximum absolute atomic E-state index is 11.6. The maximum atomic E-state index is 11.6. The van der Waals surface area contributed by atoms with Crippen molar-refractivity contribution in [3.8, 4) is 0 Å². The fourth-order valence-corrected chi connectivity index (χ4v) is 3.61. The number of esters is 1. The molecule has 3 atom stereocenters. The molecule has 3 rings (SSSR count). The van der Waals surface area contributed by atoms with Gasteiger partial charge in [-0.25, -0.2) is 9.97 Å². The van der Waals surface area contributed by atoms with E-state index >= 15 is 0 Å². The average molecular weight is 320 g/mol. The lowest BCUT2D eigenvalue weighted by Gasteiger charge is -2.24. The number of aromatic nitrogens is 2. The van der Waals surface area contributed by atoms with Crippen LogP contribution in [0.15, 0.2) is 12.4 Å². The van der Waals surface area contributed by atoms with Crippen molar-refractivity contribution in [1.82, 2.24) is 9.97 Å². The van der Waals surface area contributed by atoms with Crippen LogP contribution in [0, 0.1) is 5.92 Å². The number of rotatable bonds is 5. The number of methoxy groups -OCH3 is 1. The second kappa shape index (κ2) is 7.12. The molecule has 23 heavy (non-hydrogen) atoms. The first kappa shape index (κ1) is 16.0. The van der Waals surface area contributed by atoms with Gasteiger partial charge in [0, 0.05) is 18.7 Å². The van der Waals surface area contributed by atoms with Gasteiger partial charge in [0.1, 0.15) is 18.0 Å². The van der Waals surface area contributed by atoms with Crippen LogP contribution in [0.4, 0.5) is 11.6 Å². The second-order valence-electron chi connectivity index (χ2n) is 6.31. The molecule has 1 unspecified atom stereocenters. The molecule has 7 nitrogen and oxygen atoms in total. The number of nitrogens with one attached hydrogen (secondary N) is 1. The van der Waals surface area contributed by atoms with Crippen LogP contribution in [0.5, 0.6) is 0 Å². The highest BCUT2D eigenvalue weighted by molar-refractivity contribution is 5.72. The maximum Gasteiger partial charge on any atom is 0.308 e. The standard InChI is InChI=1S/C16H24N4O3/c1-23-16(22)11-4-5-12(7-11)19-14-8-15(18-10-17-14)20-6-2-3-13(20)9-21/h8,10-13,21H,2-7,9H2,1H3,(H,17,18,19)/t11-,12+,13?/m0/s1. The first-order valence-electron chi connectivity index (χ1n) is 8.25. The molecular weight excluding hydrogens is 296 g/mol. The van der Waals surface area contributed by atoms with Crippen LogP contribution in [-0.4, -0.2) is 53.4 Å². The molecule has 2 aliphatic rings. The van der Waals surface area contributed by atoms with Gasteiger partial charge in [0.2, 0.25) is 0 Å². The first-order valence-corrected chi connectivity index (χ1v) is 8.25. The smallest absolute Gasteiger partial charge is 0.308 e. The molecule has 1 saturated heterocycles. The van der Waals surface area contributed by atoms with E-state index in [4.69, 9.17) is 4.74 Å². The molecule has 2 heterocycles. The molecule has 1 aromatic rings. The molecule has 1 saturated carbocycles. The molecule has 2 N–H and O–H groups in total. The molecule has 2 fully saturated rings. The fourth-order valence-electron chi connectivity index (χ4n) is 3.61. The molecule has 0 amide bonds. The molecule has 0 radical (unpaired) electrons. The van der Waals surface area contributed by atoms with Crippen molar-refractivity contribution in [1.29, 1.82) is 0 Å². The van der Waals surface area contributed by atoms with E-state index in [0.29, 0.717) is 0 Å². The minimum atomic E-state index is -0.125. The van der Waals surface area contributed by atoms with E-state index in [2.05, 4.69) is 20.2 Å². The van der Waals surface area contributed by atoms with Crippen molar-refractivity contribution < 1.29 is 14.6 Å². The predicted octanol–water partition coefficient (Wildman–Crippen LogP) is 1.19. The predicted molar refractivity (Wildman–Crippen MR) is 86.3 cm³/mol. The Morgan fingerprint density at radius 1 is 1.43 bits per heavy atom. The van der Waals surface area contributed by atoms with Crippen LogP contribution in [0.25, 0.3) is 0 Å². The van der Waals surface area contributed by atoms with E-state index in [0.717, 1.165) is 50.3 Å². The van der Waals surface area contributed by atoms with Crippen molar-refractivity contribution in [2.75, 3.05) is 30.5 Å². The van der Waals surface area contributed by atoms with E-state index in [1.54, 1.807) is 6.33 Å². The minimum Gasteiger partial charge on any atom is -0.469 e. The van der Waals surface area contributed by atoms with Crippen LogP contribution < -0.4 is 10.2 Å². The van der Waals surface area contributed by atoms with Crippen LogP contribution >= 0.6 is 0 Å². The van der Waals surface area contributed by atoms with E-state index in [1.165, 1.54) is 7.11 Å². The summed E-state index contributed by atoms with van der Waals surface area (Å²) in [6, 6.07) is 2.31. The Hall–Kier alpha value is -1.89. The number of aliphatic hydroxyl groups excluding tert-OH is 1. The summed E-state index contributed by atoms with van der Waals surface area (Å²) in [5.74, 6) is 1.48. The number of hydrogen-bond donors (Lipinski definition) is 2. The Labute approximate surface area is 136 Å². The van der Waals surface area contributed by atoms with Gasteiger partial charge in [0.15, 0.2) is 0 Å². The zero-order valence-corrected chi connectivity index (χ0v) is 13.4. The summed E-state index contributed by atoms with van der Waals surface area (Å²) in [5.41, 5.74) is 0. The third-order valence-electron chi connectivity index (χ3n) is 4.85. The molecule has 1 aliphatic carbocycles. The Morgan fingerprint density at radius 3 is 3.09 bits per heavy atom. The third kappa shape index (κ3) is 3.55. The second-order valence-corrected chi connectivity index (χ2v) is 6.31. The third-order valence-corrected chi connectivity index (χ3v) is 4.85.